The van der Waals surface area contributed by atoms with Gasteiger partial charge in [-0.2, -0.15) is 0 Å². The Labute approximate surface area is 165 Å². The second-order valence-corrected chi connectivity index (χ2v) is 8.49. The first-order chi connectivity index (χ1) is 13.2. The number of hydrogen-bond acceptors (Lipinski definition) is 3. The lowest BCUT2D eigenvalue weighted by Gasteiger charge is -2.27. The van der Waals surface area contributed by atoms with Crippen molar-refractivity contribution in [1.29, 1.82) is 0 Å². The summed E-state index contributed by atoms with van der Waals surface area (Å²) in [6, 6.07) is 19.3. The molecule has 1 fully saturated rings. The van der Waals surface area contributed by atoms with Gasteiger partial charge in [-0.1, -0.05) is 55.5 Å². The molecule has 0 bridgehead atoms. The number of fused-ring (bicyclic) bond motifs is 2. The maximum absolute atomic E-state index is 12.4. The van der Waals surface area contributed by atoms with Gasteiger partial charge in [-0.3, -0.25) is 4.79 Å². The lowest BCUT2D eigenvalue weighted by Crippen LogP contribution is -2.31. The molecule has 0 N–H and O–H groups in total. The van der Waals surface area contributed by atoms with Crippen molar-refractivity contribution in [3.05, 3.63) is 60.2 Å². The zero-order valence-corrected chi connectivity index (χ0v) is 16.7. The van der Waals surface area contributed by atoms with E-state index in [0.29, 0.717) is 5.75 Å². The Bertz CT molecular complexity index is 903. The fourth-order valence-corrected chi connectivity index (χ4v) is 5.16. The van der Waals surface area contributed by atoms with Crippen LogP contribution in [-0.4, -0.2) is 17.3 Å². The van der Waals surface area contributed by atoms with Crippen molar-refractivity contribution in [2.45, 2.75) is 50.4 Å². The molecular formula is C24H26O2S. The molecule has 1 saturated carbocycles. The van der Waals surface area contributed by atoms with Crippen molar-refractivity contribution >= 4 is 39.3 Å². The average molecular weight is 379 g/mol. The molecule has 0 unspecified atom stereocenters. The third-order valence-electron chi connectivity index (χ3n) is 5.84. The Morgan fingerprint density at radius 2 is 1.59 bits per heavy atom. The summed E-state index contributed by atoms with van der Waals surface area (Å²) in [5.74, 6) is 1.17. The third-order valence-corrected chi connectivity index (χ3v) is 6.77. The molecule has 0 saturated heterocycles. The summed E-state index contributed by atoms with van der Waals surface area (Å²) < 4.78 is 5.90. The number of ether oxygens (including phenoxy) is 1. The normalized spacial score (nSPS) is 16.0. The maximum atomic E-state index is 12.4. The molecule has 0 aromatic heterocycles. The molecule has 3 heteroatoms. The van der Waals surface area contributed by atoms with Gasteiger partial charge in [0.25, 0.3) is 0 Å². The number of carbonyl (C=O) groups is 1. The first-order valence-electron chi connectivity index (χ1n) is 9.90. The minimum atomic E-state index is -0.191. The molecule has 0 atom stereocenters. The monoisotopic (exact) mass is 378 g/mol. The van der Waals surface area contributed by atoms with Crippen LogP contribution in [0.4, 0.5) is 0 Å². The lowest BCUT2D eigenvalue weighted by atomic mass is 9.98. The zero-order valence-electron chi connectivity index (χ0n) is 15.9. The minimum Gasteiger partial charge on any atom is -0.458 e. The standard InChI is InChI=1S/C24H26O2S/c1-2-24(13-7-8-14-24)26-23(25)17-27-16-22-20-11-5-3-9-18(20)15-19-10-4-6-12-21(19)22/h3-6,9-12,15H,2,7-8,13-14,16-17H2,1H3. The molecule has 3 aromatic rings. The summed E-state index contributed by atoms with van der Waals surface area (Å²) in [4.78, 5) is 12.4. The summed E-state index contributed by atoms with van der Waals surface area (Å²) >= 11 is 1.66. The highest BCUT2D eigenvalue weighted by molar-refractivity contribution is 7.99. The van der Waals surface area contributed by atoms with Crippen LogP contribution in [-0.2, 0) is 15.3 Å². The Hall–Kier alpha value is -2.00. The van der Waals surface area contributed by atoms with Gasteiger partial charge in [-0.05, 0) is 65.3 Å². The van der Waals surface area contributed by atoms with E-state index in [1.54, 1.807) is 11.8 Å². The SMILES string of the molecule is CCC1(OC(=O)CSCc2c3ccccc3cc3ccccc23)CCCC1. The number of hydrogen-bond donors (Lipinski definition) is 0. The summed E-state index contributed by atoms with van der Waals surface area (Å²) in [5, 5.41) is 5.06. The van der Waals surface area contributed by atoms with Crippen molar-refractivity contribution in [2.24, 2.45) is 0 Å². The molecule has 3 aromatic carbocycles. The molecule has 0 spiro atoms. The topological polar surface area (TPSA) is 26.3 Å². The van der Waals surface area contributed by atoms with Crippen molar-refractivity contribution in [2.75, 3.05) is 5.75 Å². The Morgan fingerprint density at radius 3 is 2.19 bits per heavy atom. The second-order valence-electron chi connectivity index (χ2n) is 7.51. The molecule has 0 aliphatic heterocycles. The highest BCUT2D eigenvalue weighted by Gasteiger charge is 2.35. The number of carbonyl (C=O) groups excluding carboxylic acids is 1. The molecule has 0 amide bonds. The van der Waals surface area contributed by atoms with Crippen molar-refractivity contribution in [3.63, 3.8) is 0 Å². The quantitative estimate of drug-likeness (QED) is 0.362. The fraction of sp³-hybridized carbons (Fsp3) is 0.375. The molecule has 140 valence electrons. The van der Waals surface area contributed by atoms with Crippen LogP contribution < -0.4 is 0 Å². The van der Waals surface area contributed by atoms with E-state index >= 15 is 0 Å². The first kappa shape index (κ1) is 18.4. The lowest BCUT2D eigenvalue weighted by molar-refractivity contribution is -0.156. The number of esters is 1. The Morgan fingerprint density at radius 1 is 1.00 bits per heavy atom. The van der Waals surface area contributed by atoms with E-state index in [1.165, 1.54) is 39.9 Å². The fourth-order valence-electron chi connectivity index (χ4n) is 4.32. The van der Waals surface area contributed by atoms with Gasteiger partial charge < -0.3 is 4.74 Å². The Balaban J connectivity index is 1.50. The van der Waals surface area contributed by atoms with E-state index in [0.717, 1.165) is 25.0 Å². The number of thioether (sulfide) groups is 1. The summed E-state index contributed by atoms with van der Waals surface area (Å²) in [5.41, 5.74) is 1.12. The maximum Gasteiger partial charge on any atom is 0.316 e. The highest BCUT2D eigenvalue weighted by Crippen LogP contribution is 2.36. The smallest absolute Gasteiger partial charge is 0.316 e. The van der Waals surface area contributed by atoms with Crippen LogP contribution >= 0.6 is 11.8 Å². The average Bonchev–Trinajstić information content (AvgIpc) is 3.16. The minimum absolute atomic E-state index is 0.0618. The molecule has 1 aliphatic carbocycles. The van der Waals surface area contributed by atoms with Gasteiger partial charge >= 0.3 is 5.97 Å². The molecule has 27 heavy (non-hydrogen) atoms. The summed E-state index contributed by atoms with van der Waals surface area (Å²) in [7, 11) is 0. The van der Waals surface area contributed by atoms with E-state index in [1.807, 2.05) is 0 Å². The van der Waals surface area contributed by atoms with Crippen LogP contribution in [0.15, 0.2) is 54.6 Å². The largest absolute Gasteiger partial charge is 0.458 e. The van der Waals surface area contributed by atoms with Crippen molar-refractivity contribution in [3.8, 4) is 0 Å². The molecule has 0 radical (unpaired) electrons. The van der Waals surface area contributed by atoms with Crippen LogP contribution in [0.2, 0.25) is 0 Å². The van der Waals surface area contributed by atoms with Crippen LogP contribution in [0, 0.1) is 0 Å². The summed E-state index contributed by atoms with van der Waals surface area (Å²) in [6.07, 6.45) is 5.33. The van der Waals surface area contributed by atoms with Gasteiger partial charge in [0.15, 0.2) is 0 Å². The van der Waals surface area contributed by atoms with E-state index in [2.05, 4.69) is 61.5 Å². The van der Waals surface area contributed by atoms with Crippen molar-refractivity contribution in [1.82, 2.24) is 0 Å². The Kier molecular flexibility index (Phi) is 5.40. The van der Waals surface area contributed by atoms with Gasteiger partial charge in [0.05, 0.1) is 5.75 Å². The van der Waals surface area contributed by atoms with Gasteiger partial charge in [-0.25, -0.2) is 0 Å². The summed E-state index contributed by atoms with van der Waals surface area (Å²) in [6.45, 7) is 2.13. The van der Waals surface area contributed by atoms with Gasteiger partial charge in [0, 0.05) is 5.75 Å². The molecule has 2 nitrogen and oxygen atoms in total. The van der Waals surface area contributed by atoms with E-state index in [-0.39, 0.29) is 11.6 Å². The van der Waals surface area contributed by atoms with Crippen LogP contribution in [0.1, 0.15) is 44.6 Å². The number of rotatable bonds is 6. The second kappa shape index (κ2) is 7.93. The molecule has 1 aliphatic rings. The van der Waals surface area contributed by atoms with E-state index < -0.39 is 0 Å². The third kappa shape index (κ3) is 3.84. The molecule has 0 heterocycles. The molecule has 4 rings (SSSR count). The van der Waals surface area contributed by atoms with E-state index in [9.17, 15) is 4.79 Å². The molecular weight excluding hydrogens is 352 g/mol. The van der Waals surface area contributed by atoms with Crippen LogP contribution in [0.5, 0.6) is 0 Å². The van der Waals surface area contributed by atoms with E-state index in [4.69, 9.17) is 4.74 Å². The van der Waals surface area contributed by atoms with Crippen LogP contribution in [0.25, 0.3) is 21.5 Å². The number of benzene rings is 3. The van der Waals surface area contributed by atoms with Gasteiger partial charge in [0.1, 0.15) is 5.60 Å². The van der Waals surface area contributed by atoms with Gasteiger partial charge in [0.2, 0.25) is 0 Å². The van der Waals surface area contributed by atoms with Gasteiger partial charge in [-0.15, -0.1) is 11.8 Å². The van der Waals surface area contributed by atoms with Crippen LogP contribution in [0.3, 0.4) is 0 Å². The van der Waals surface area contributed by atoms with Crippen molar-refractivity contribution < 1.29 is 9.53 Å². The highest BCUT2D eigenvalue weighted by atomic mass is 32.2. The first-order valence-corrected chi connectivity index (χ1v) is 11.1. The predicted octanol–water partition coefficient (Wildman–Crippen LogP) is 6.49. The predicted molar refractivity (Wildman–Crippen MR) is 115 cm³/mol. The zero-order chi connectivity index (χ0) is 18.7.